The van der Waals surface area contributed by atoms with Crippen molar-refractivity contribution in [1.29, 1.82) is 0 Å². The summed E-state index contributed by atoms with van der Waals surface area (Å²) in [7, 11) is 1.27. The highest BCUT2D eigenvalue weighted by molar-refractivity contribution is 6.44. The monoisotopic (exact) mass is 484 g/mol. The maximum Gasteiger partial charge on any atom is 0.343 e. The first-order chi connectivity index (χ1) is 17.3. The first-order valence-electron chi connectivity index (χ1n) is 11.7. The van der Waals surface area contributed by atoms with Gasteiger partial charge in [0.15, 0.2) is 6.61 Å². The fraction of sp³-hybridized carbons (Fsp3) is 0.207. The lowest BCUT2D eigenvalue weighted by molar-refractivity contribution is -0.142. The molecule has 0 aliphatic heterocycles. The predicted octanol–water partition coefficient (Wildman–Crippen LogP) is 4.54. The highest BCUT2D eigenvalue weighted by Crippen LogP contribution is 2.37. The van der Waals surface area contributed by atoms with Crippen molar-refractivity contribution < 1.29 is 23.9 Å². The van der Waals surface area contributed by atoms with Crippen molar-refractivity contribution in [2.24, 2.45) is 5.73 Å². The number of ketones is 1. The zero-order valence-corrected chi connectivity index (χ0v) is 20.5. The van der Waals surface area contributed by atoms with Crippen LogP contribution in [0.15, 0.2) is 72.9 Å². The molecule has 184 valence electrons. The van der Waals surface area contributed by atoms with Crippen LogP contribution in [0.3, 0.4) is 0 Å². The van der Waals surface area contributed by atoms with E-state index in [1.165, 1.54) is 7.11 Å². The van der Waals surface area contributed by atoms with E-state index in [1.807, 2.05) is 54.8 Å². The maximum absolute atomic E-state index is 13.1. The standard InChI is InChI=1S/C29H28N2O5/c1-18(2)25-22(16-20-12-7-8-13-21(20)19-10-5-4-6-11-19)31-15-9-14-23(36-17-24(32)35-3)27(31)26(25)28(33)29(30)34/h4-15,18H,16-17H2,1-3H3,(H2,30,34). The summed E-state index contributed by atoms with van der Waals surface area (Å²) < 4.78 is 12.3. The number of benzene rings is 2. The van der Waals surface area contributed by atoms with Gasteiger partial charge in [0.2, 0.25) is 0 Å². The van der Waals surface area contributed by atoms with Crippen molar-refractivity contribution >= 4 is 23.2 Å². The van der Waals surface area contributed by atoms with Gasteiger partial charge in [0.05, 0.1) is 18.2 Å². The maximum atomic E-state index is 13.1. The summed E-state index contributed by atoms with van der Waals surface area (Å²) in [6.07, 6.45) is 2.32. The first kappa shape index (κ1) is 24.7. The molecular weight excluding hydrogens is 456 g/mol. The molecule has 0 spiro atoms. The zero-order chi connectivity index (χ0) is 25.8. The summed E-state index contributed by atoms with van der Waals surface area (Å²) in [5, 5.41) is 0. The van der Waals surface area contributed by atoms with Gasteiger partial charge in [-0.25, -0.2) is 4.79 Å². The molecule has 0 fully saturated rings. The predicted molar refractivity (Wildman–Crippen MR) is 137 cm³/mol. The topological polar surface area (TPSA) is 100 Å². The number of ether oxygens (including phenoxy) is 2. The molecule has 4 aromatic rings. The molecule has 2 aromatic carbocycles. The van der Waals surface area contributed by atoms with Gasteiger partial charge in [0.1, 0.15) is 5.75 Å². The molecule has 7 nitrogen and oxygen atoms in total. The Morgan fingerprint density at radius 3 is 2.31 bits per heavy atom. The highest BCUT2D eigenvalue weighted by atomic mass is 16.6. The molecule has 0 unspecified atom stereocenters. The second-order valence-electron chi connectivity index (χ2n) is 8.74. The van der Waals surface area contributed by atoms with Crippen LogP contribution in [0.25, 0.3) is 16.6 Å². The Morgan fingerprint density at radius 1 is 0.944 bits per heavy atom. The number of primary amides is 1. The Morgan fingerprint density at radius 2 is 1.64 bits per heavy atom. The van der Waals surface area contributed by atoms with Crippen LogP contribution < -0.4 is 10.5 Å². The van der Waals surface area contributed by atoms with Crippen molar-refractivity contribution in [1.82, 2.24) is 4.40 Å². The number of esters is 1. The van der Waals surface area contributed by atoms with Crippen LogP contribution >= 0.6 is 0 Å². The Bertz CT molecular complexity index is 1440. The molecule has 4 rings (SSSR count). The van der Waals surface area contributed by atoms with E-state index >= 15 is 0 Å². The lowest BCUT2D eigenvalue weighted by Gasteiger charge is -2.14. The van der Waals surface area contributed by atoms with Gasteiger partial charge < -0.3 is 19.6 Å². The third kappa shape index (κ3) is 4.73. The quantitative estimate of drug-likeness (QED) is 0.214. The van der Waals surface area contributed by atoms with Crippen LogP contribution in [0, 0.1) is 0 Å². The number of aromatic nitrogens is 1. The molecule has 0 radical (unpaired) electrons. The van der Waals surface area contributed by atoms with E-state index in [0.29, 0.717) is 11.9 Å². The molecule has 0 aliphatic rings. The summed E-state index contributed by atoms with van der Waals surface area (Å²) in [4.78, 5) is 37.0. The van der Waals surface area contributed by atoms with Crippen LogP contribution in [0.4, 0.5) is 0 Å². The van der Waals surface area contributed by atoms with Crippen LogP contribution in [0.5, 0.6) is 5.75 Å². The van der Waals surface area contributed by atoms with Gasteiger partial charge >= 0.3 is 5.97 Å². The average Bonchev–Trinajstić information content (AvgIpc) is 3.22. The Labute approximate surface area is 209 Å². The number of carbonyl (C=O) groups is 3. The summed E-state index contributed by atoms with van der Waals surface area (Å²) in [5.41, 5.74) is 10.8. The number of nitrogens with two attached hydrogens (primary N) is 1. The summed E-state index contributed by atoms with van der Waals surface area (Å²) in [6.45, 7) is 3.59. The number of rotatable bonds is 9. The summed E-state index contributed by atoms with van der Waals surface area (Å²) >= 11 is 0. The molecule has 2 N–H and O–H groups in total. The number of fused-ring (bicyclic) bond motifs is 1. The summed E-state index contributed by atoms with van der Waals surface area (Å²) in [5.74, 6) is -2.23. The average molecular weight is 485 g/mol. The molecule has 0 saturated carbocycles. The lowest BCUT2D eigenvalue weighted by atomic mass is 9.91. The molecule has 2 aromatic heterocycles. The SMILES string of the molecule is COC(=O)COc1cccn2c(Cc3ccccc3-c3ccccc3)c(C(C)C)c(C(=O)C(N)=O)c12. The second kappa shape index (κ2) is 10.5. The van der Waals surface area contributed by atoms with Gasteiger partial charge in [-0.1, -0.05) is 68.4 Å². The fourth-order valence-electron chi connectivity index (χ4n) is 4.58. The van der Waals surface area contributed by atoms with Crippen LogP contribution in [0.2, 0.25) is 0 Å². The number of hydrogen-bond donors (Lipinski definition) is 1. The number of pyridine rings is 1. The van der Waals surface area contributed by atoms with Gasteiger partial charge in [0.25, 0.3) is 11.7 Å². The van der Waals surface area contributed by atoms with E-state index in [4.69, 9.17) is 10.5 Å². The second-order valence-corrected chi connectivity index (χ2v) is 8.74. The molecular formula is C29H28N2O5. The number of Topliss-reactive ketones (excluding diaryl/α,β-unsaturated/α-hetero) is 1. The number of hydrogen-bond acceptors (Lipinski definition) is 5. The van der Waals surface area contributed by atoms with E-state index in [-0.39, 0.29) is 23.8 Å². The number of carbonyl (C=O) groups excluding carboxylic acids is 3. The van der Waals surface area contributed by atoms with E-state index in [1.54, 1.807) is 12.1 Å². The van der Waals surface area contributed by atoms with E-state index < -0.39 is 17.7 Å². The van der Waals surface area contributed by atoms with Crippen LogP contribution in [0.1, 0.15) is 46.9 Å². The van der Waals surface area contributed by atoms with Crippen LogP contribution in [-0.4, -0.2) is 35.8 Å². The third-order valence-electron chi connectivity index (χ3n) is 6.13. The van der Waals surface area contributed by atoms with E-state index in [2.05, 4.69) is 29.0 Å². The molecule has 0 atom stereocenters. The molecule has 36 heavy (non-hydrogen) atoms. The summed E-state index contributed by atoms with van der Waals surface area (Å²) in [6, 6.07) is 21.6. The van der Waals surface area contributed by atoms with Crippen molar-refractivity contribution in [2.45, 2.75) is 26.2 Å². The Balaban J connectivity index is 1.96. The fourth-order valence-corrected chi connectivity index (χ4v) is 4.58. The lowest BCUT2D eigenvalue weighted by Crippen LogP contribution is -2.24. The van der Waals surface area contributed by atoms with E-state index in [9.17, 15) is 14.4 Å². The van der Waals surface area contributed by atoms with Gasteiger partial charge in [-0.05, 0) is 40.3 Å². The normalized spacial score (nSPS) is 11.0. The molecule has 0 bridgehead atoms. The zero-order valence-electron chi connectivity index (χ0n) is 20.5. The smallest absolute Gasteiger partial charge is 0.343 e. The van der Waals surface area contributed by atoms with Crippen LogP contribution in [-0.2, 0) is 20.7 Å². The van der Waals surface area contributed by atoms with Gasteiger partial charge in [0, 0.05) is 18.3 Å². The molecule has 1 amide bonds. The largest absolute Gasteiger partial charge is 0.480 e. The minimum Gasteiger partial charge on any atom is -0.480 e. The first-order valence-corrected chi connectivity index (χ1v) is 11.7. The van der Waals surface area contributed by atoms with Crippen molar-refractivity contribution in [2.75, 3.05) is 13.7 Å². The van der Waals surface area contributed by atoms with Gasteiger partial charge in [-0.2, -0.15) is 0 Å². The Kier molecular flexibility index (Phi) is 7.20. The number of nitrogens with zero attached hydrogens (tertiary/aromatic N) is 1. The number of amides is 1. The minimum absolute atomic E-state index is 0.101. The Hall–Kier alpha value is -4.39. The van der Waals surface area contributed by atoms with Gasteiger partial charge in [-0.15, -0.1) is 0 Å². The molecule has 7 heteroatoms. The third-order valence-corrected chi connectivity index (χ3v) is 6.13. The van der Waals surface area contributed by atoms with E-state index in [0.717, 1.165) is 27.9 Å². The van der Waals surface area contributed by atoms with Crippen molar-refractivity contribution in [3.8, 4) is 16.9 Å². The van der Waals surface area contributed by atoms with Crippen molar-refractivity contribution in [3.63, 3.8) is 0 Å². The minimum atomic E-state index is -1.05. The molecule has 2 heterocycles. The molecule has 0 saturated heterocycles. The highest BCUT2D eigenvalue weighted by Gasteiger charge is 2.30. The van der Waals surface area contributed by atoms with Crippen molar-refractivity contribution in [3.05, 3.63) is 95.3 Å². The number of methoxy groups -OCH3 is 1. The van der Waals surface area contributed by atoms with Gasteiger partial charge in [-0.3, -0.25) is 9.59 Å². The molecule has 0 aliphatic carbocycles.